The largest absolute Gasteiger partial charge is 0.337 e. The standard InChI is InChI=1S/C18H26N2O3S/c1-3-20-17(21)8-10-18(20)9-5-12-19(13-11-18)24(22,23)16-7-4-6-15(2)14-16/h4,6-7,14H,3,5,8-13H2,1-2H3/t18-/m0/s1. The number of likely N-dealkylation sites (tertiary alicyclic amines) is 1. The van der Waals surface area contributed by atoms with Crippen molar-refractivity contribution in [2.24, 2.45) is 0 Å². The van der Waals surface area contributed by atoms with Gasteiger partial charge in [-0.1, -0.05) is 12.1 Å². The summed E-state index contributed by atoms with van der Waals surface area (Å²) in [4.78, 5) is 14.5. The van der Waals surface area contributed by atoms with Crippen LogP contribution in [0.15, 0.2) is 29.2 Å². The van der Waals surface area contributed by atoms with Gasteiger partial charge in [-0.2, -0.15) is 4.31 Å². The van der Waals surface area contributed by atoms with Gasteiger partial charge in [0.1, 0.15) is 0 Å². The number of benzene rings is 1. The van der Waals surface area contributed by atoms with E-state index in [9.17, 15) is 13.2 Å². The highest BCUT2D eigenvalue weighted by Crippen LogP contribution is 2.39. The zero-order valence-electron chi connectivity index (χ0n) is 14.5. The molecule has 2 aliphatic rings. The third kappa shape index (κ3) is 2.97. The minimum atomic E-state index is -3.46. The molecule has 3 rings (SSSR count). The van der Waals surface area contributed by atoms with Crippen LogP contribution in [-0.4, -0.2) is 48.7 Å². The van der Waals surface area contributed by atoms with Gasteiger partial charge in [0.25, 0.3) is 0 Å². The van der Waals surface area contributed by atoms with Crippen LogP contribution in [-0.2, 0) is 14.8 Å². The molecule has 1 aromatic carbocycles. The molecule has 2 saturated heterocycles. The quantitative estimate of drug-likeness (QED) is 0.842. The second kappa shape index (κ2) is 6.48. The molecular weight excluding hydrogens is 324 g/mol. The maximum absolute atomic E-state index is 13.0. The molecule has 5 nitrogen and oxygen atoms in total. The third-order valence-corrected chi connectivity index (χ3v) is 7.39. The molecule has 2 aliphatic heterocycles. The Balaban J connectivity index is 1.82. The lowest BCUT2D eigenvalue weighted by atomic mass is 9.88. The first-order valence-corrected chi connectivity index (χ1v) is 10.2. The molecule has 2 heterocycles. The number of aryl methyl sites for hydroxylation is 1. The van der Waals surface area contributed by atoms with E-state index in [4.69, 9.17) is 0 Å². The molecule has 0 aliphatic carbocycles. The summed E-state index contributed by atoms with van der Waals surface area (Å²) in [5.74, 6) is 0.215. The van der Waals surface area contributed by atoms with Crippen molar-refractivity contribution in [3.8, 4) is 0 Å². The molecule has 6 heteroatoms. The van der Waals surface area contributed by atoms with E-state index in [1.54, 1.807) is 22.5 Å². The molecular formula is C18H26N2O3S. The molecule has 0 unspecified atom stereocenters. The molecule has 0 radical (unpaired) electrons. The second-order valence-corrected chi connectivity index (χ2v) is 8.87. The van der Waals surface area contributed by atoms with E-state index in [1.165, 1.54) is 0 Å². The van der Waals surface area contributed by atoms with E-state index in [-0.39, 0.29) is 11.4 Å². The minimum Gasteiger partial charge on any atom is -0.337 e. The van der Waals surface area contributed by atoms with Gasteiger partial charge in [0.05, 0.1) is 4.90 Å². The molecule has 0 bridgehead atoms. The number of carbonyl (C=O) groups is 1. The van der Waals surface area contributed by atoms with Crippen molar-refractivity contribution < 1.29 is 13.2 Å². The Morgan fingerprint density at radius 2 is 1.96 bits per heavy atom. The van der Waals surface area contributed by atoms with Crippen molar-refractivity contribution in [2.45, 2.75) is 56.4 Å². The lowest BCUT2D eigenvalue weighted by molar-refractivity contribution is -0.131. The molecule has 1 spiro atoms. The van der Waals surface area contributed by atoms with Gasteiger partial charge in [0, 0.05) is 31.6 Å². The zero-order chi connectivity index (χ0) is 17.4. The Bertz CT molecular complexity index is 732. The van der Waals surface area contributed by atoms with Crippen molar-refractivity contribution in [3.05, 3.63) is 29.8 Å². The van der Waals surface area contributed by atoms with Crippen LogP contribution >= 0.6 is 0 Å². The maximum Gasteiger partial charge on any atom is 0.243 e. The van der Waals surface area contributed by atoms with Crippen LogP contribution < -0.4 is 0 Å². The molecule has 1 atom stereocenters. The SMILES string of the molecule is CCN1C(=O)CC[C@]12CCCN(S(=O)(=O)c1cccc(C)c1)CC2. The summed E-state index contributed by atoms with van der Waals surface area (Å²) >= 11 is 0. The number of hydrogen-bond donors (Lipinski definition) is 0. The van der Waals surface area contributed by atoms with E-state index in [1.807, 2.05) is 24.8 Å². The molecule has 0 saturated carbocycles. The zero-order valence-corrected chi connectivity index (χ0v) is 15.3. The summed E-state index contributed by atoms with van der Waals surface area (Å²) in [6.45, 7) is 5.64. The third-order valence-electron chi connectivity index (χ3n) is 5.50. The van der Waals surface area contributed by atoms with Crippen molar-refractivity contribution in [2.75, 3.05) is 19.6 Å². The average Bonchev–Trinajstić information content (AvgIpc) is 2.72. The number of carbonyl (C=O) groups excluding carboxylic acids is 1. The normalized spacial score (nSPS) is 26.1. The van der Waals surface area contributed by atoms with Crippen molar-refractivity contribution >= 4 is 15.9 Å². The average molecular weight is 350 g/mol. The molecule has 0 N–H and O–H groups in total. The highest BCUT2D eigenvalue weighted by Gasteiger charge is 2.45. The van der Waals surface area contributed by atoms with Gasteiger partial charge in [-0.15, -0.1) is 0 Å². The van der Waals surface area contributed by atoms with Gasteiger partial charge in [-0.3, -0.25) is 4.79 Å². The fourth-order valence-corrected chi connectivity index (χ4v) is 5.81. The number of sulfonamides is 1. The Labute approximate surface area is 144 Å². The Kier molecular flexibility index (Phi) is 4.71. The van der Waals surface area contributed by atoms with E-state index >= 15 is 0 Å². The smallest absolute Gasteiger partial charge is 0.243 e. The van der Waals surface area contributed by atoms with Crippen LogP contribution in [0, 0.1) is 6.92 Å². The van der Waals surface area contributed by atoms with Crippen LogP contribution in [0.1, 0.15) is 44.6 Å². The molecule has 132 valence electrons. The first-order valence-electron chi connectivity index (χ1n) is 8.76. The maximum atomic E-state index is 13.0. The summed E-state index contributed by atoms with van der Waals surface area (Å²) in [6.07, 6.45) is 3.88. The van der Waals surface area contributed by atoms with Gasteiger partial charge in [-0.25, -0.2) is 8.42 Å². The summed E-state index contributed by atoms with van der Waals surface area (Å²) in [7, 11) is -3.46. The van der Waals surface area contributed by atoms with Gasteiger partial charge in [0.2, 0.25) is 15.9 Å². The highest BCUT2D eigenvalue weighted by atomic mass is 32.2. The van der Waals surface area contributed by atoms with E-state index in [0.717, 1.165) is 31.2 Å². The number of amides is 1. The van der Waals surface area contributed by atoms with Crippen LogP contribution in [0.2, 0.25) is 0 Å². The first-order chi connectivity index (χ1) is 11.4. The van der Waals surface area contributed by atoms with Gasteiger partial charge in [0.15, 0.2) is 0 Å². The van der Waals surface area contributed by atoms with Crippen LogP contribution in [0.25, 0.3) is 0 Å². The van der Waals surface area contributed by atoms with Gasteiger partial charge in [-0.05, 0) is 57.2 Å². The number of hydrogen-bond acceptors (Lipinski definition) is 3. The topological polar surface area (TPSA) is 57.7 Å². The second-order valence-electron chi connectivity index (χ2n) is 6.94. The van der Waals surface area contributed by atoms with Crippen molar-refractivity contribution in [3.63, 3.8) is 0 Å². The molecule has 2 fully saturated rings. The van der Waals surface area contributed by atoms with E-state index in [0.29, 0.717) is 31.0 Å². The molecule has 1 aromatic rings. The lowest BCUT2D eigenvalue weighted by Gasteiger charge is -2.37. The Hall–Kier alpha value is -1.40. The van der Waals surface area contributed by atoms with E-state index in [2.05, 4.69) is 0 Å². The van der Waals surface area contributed by atoms with E-state index < -0.39 is 10.0 Å². The van der Waals surface area contributed by atoms with Crippen LogP contribution in [0.3, 0.4) is 0 Å². The Morgan fingerprint density at radius 1 is 1.17 bits per heavy atom. The monoisotopic (exact) mass is 350 g/mol. The molecule has 24 heavy (non-hydrogen) atoms. The lowest BCUT2D eigenvalue weighted by Crippen LogP contribution is -2.46. The Morgan fingerprint density at radius 3 is 2.67 bits per heavy atom. The first kappa shape index (κ1) is 17.4. The number of rotatable bonds is 3. The summed E-state index contributed by atoms with van der Waals surface area (Å²) in [6, 6.07) is 7.09. The van der Waals surface area contributed by atoms with Gasteiger partial charge < -0.3 is 4.90 Å². The fraction of sp³-hybridized carbons (Fsp3) is 0.611. The summed E-state index contributed by atoms with van der Waals surface area (Å²) in [5, 5.41) is 0. The summed E-state index contributed by atoms with van der Waals surface area (Å²) in [5.41, 5.74) is 0.809. The van der Waals surface area contributed by atoms with Crippen LogP contribution in [0.4, 0.5) is 0 Å². The fourth-order valence-electron chi connectivity index (χ4n) is 4.23. The predicted molar refractivity (Wildman–Crippen MR) is 93.1 cm³/mol. The summed E-state index contributed by atoms with van der Waals surface area (Å²) < 4.78 is 27.5. The minimum absolute atomic E-state index is 0.136. The molecule has 0 aromatic heterocycles. The van der Waals surface area contributed by atoms with Crippen molar-refractivity contribution in [1.29, 1.82) is 0 Å². The highest BCUT2D eigenvalue weighted by molar-refractivity contribution is 7.89. The molecule has 1 amide bonds. The predicted octanol–water partition coefficient (Wildman–Crippen LogP) is 2.55. The van der Waals surface area contributed by atoms with Crippen molar-refractivity contribution in [1.82, 2.24) is 9.21 Å². The number of nitrogens with zero attached hydrogens (tertiary/aromatic N) is 2. The van der Waals surface area contributed by atoms with Crippen LogP contribution in [0.5, 0.6) is 0 Å². The van der Waals surface area contributed by atoms with Gasteiger partial charge >= 0.3 is 0 Å².